The predicted molar refractivity (Wildman–Crippen MR) is 127 cm³/mol. The van der Waals surface area contributed by atoms with Crippen molar-refractivity contribution in [1.82, 2.24) is 0 Å². The van der Waals surface area contributed by atoms with Crippen LogP contribution in [0.3, 0.4) is 0 Å². The van der Waals surface area contributed by atoms with Gasteiger partial charge in [-0.2, -0.15) is 0 Å². The number of methoxy groups -OCH3 is 2. The fourth-order valence-corrected chi connectivity index (χ4v) is 3.60. The Bertz CT molecular complexity index is 1330. The molecule has 7 nitrogen and oxygen atoms in total. The molecular formula is C26H24N2O5. The monoisotopic (exact) mass is 444 g/mol. The van der Waals surface area contributed by atoms with E-state index in [2.05, 4.69) is 10.6 Å². The molecule has 0 aliphatic rings. The summed E-state index contributed by atoms with van der Waals surface area (Å²) in [7, 11) is 3.05. The van der Waals surface area contributed by atoms with E-state index in [0.29, 0.717) is 33.8 Å². The molecule has 7 heteroatoms. The zero-order chi connectivity index (χ0) is 23.4. The van der Waals surface area contributed by atoms with Gasteiger partial charge in [-0.25, -0.2) is 0 Å². The van der Waals surface area contributed by atoms with Crippen molar-refractivity contribution in [2.75, 3.05) is 24.9 Å². The summed E-state index contributed by atoms with van der Waals surface area (Å²) in [5.74, 6) is 0.275. The third-order valence-electron chi connectivity index (χ3n) is 5.17. The molecule has 3 aromatic carbocycles. The molecule has 1 heterocycles. The number of fused-ring (bicyclic) bond motifs is 1. The fraction of sp³-hybridized carbons (Fsp3) is 0.154. The molecule has 33 heavy (non-hydrogen) atoms. The molecule has 2 amide bonds. The molecule has 0 atom stereocenters. The van der Waals surface area contributed by atoms with Crippen LogP contribution in [0.5, 0.6) is 11.5 Å². The summed E-state index contributed by atoms with van der Waals surface area (Å²) in [5, 5.41) is 6.31. The van der Waals surface area contributed by atoms with E-state index >= 15 is 0 Å². The zero-order valence-electron chi connectivity index (χ0n) is 18.6. The summed E-state index contributed by atoms with van der Waals surface area (Å²) in [5.41, 5.74) is 3.22. The Kier molecular flexibility index (Phi) is 6.31. The summed E-state index contributed by atoms with van der Waals surface area (Å²) in [6, 6.07) is 19.9. The number of hydrogen-bond acceptors (Lipinski definition) is 5. The van der Waals surface area contributed by atoms with Crippen molar-refractivity contribution in [3.05, 3.63) is 83.6 Å². The molecule has 1 aromatic heterocycles. The van der Waals surface area contributed by atoms with Gasteiger partial charge in [-0.05, 0) is 36.8 Å². The van der Waals surface area contributed by atoms with Gasteiger partial charge >= 0.3 is 0 Å². The molecule has 0 unspecified atom stereocenters. The first-order valence-electron chi connectivity index (χ1n) is 10.4. The number of anilines is 2. The average molecular weight is 444 g/mol. The van der Waals surface area contributed by atoms with Gasteiger partial charge in [0.1, 0.15) is 22.8 Å². The van der Waals surface area contributed by atoms with E-state index in [4.69, 9.17) is 13.9 Å². The van der Waals surface area contributed by atoms with Crippen LogP contribution >= 0.6 is 0 Å². The number of furan rings is 1. The van der Waals surface area contributed by atoms with Gasteiger partial charge in [0, 0.05) is 11.5 Å². The van der Waals surface area contributed by atoms with Gasteiger partial charge in [0.25, 0.3) is 5.91 Å². The molecular weight excluding hydrogens is 420 g/mol. The van der Waals surface area contributed by atoms with E-state index in [0.717, 1.165) is 11.1 Å². The first-order chi connectivity index (χ1) is 16.0. The van der Waals surface area contributed by atoms with E-state index in [1.165, 1.54) is 7.11 Å². The lowest BCUT2D eigenvalue weighted by molar-refractivity contribution is -0.115. The topological polar surface area (TPSA) is 89.8 Å². The Balaban J connectivity index is 1.63. The molecule has 0 bridgehead atoms. The van der Waals surface area contributed by atoms with E-state index in [1.54, 1.807) is 43.5 Å². The lowest BCUT2D eigenvalue weighted by Crippen LogP contribution is -2.18. The largest absolute Gasteiger partial charge is 0.497 e. The number of para-hydroxylation sites is 1. The SMILES string of the molecule is COc1ccc(NC(=O)c2oc3ccccc3c2NC(=O)Cc2cccc(C)c2)c(OC)c1. The molecule has 4 rings (SSSR count). The number of nitrogens with one attached hydrogen (secondary N) is 2. The summed E-state index contributed by atoms with van der Waals surface area (Å²) < 4.78 is 16.4. The second-order valence-electron chi connectivity index (χ2n) is 7.54. The third-order valence-corrected chi connectivity index (χ3v) is 5.17. The third kappa shape index (κ3) is 4.82. The Morgan fingerprint density at radius 2 is 1.73 bits per heavy atom. The number of hydrogen-bond donors (Lipinski definition) is 2. The summed E-state index contributed by atoms with van der Waals surface area (Å²) in [6.45, 7) is 1.97. The minimum absolute atomic E-state index is 0.00617. The smallest absolute Gasteiger partial charge is 0.293 e. The van der Waals surface area contributed by atoms with Crippen LogP contribution in [0, 0.1) is 6.92 Å². The van der Waals surface area contributed by atoms with Gasteiger partial charge in [-0.3, -0.25) is 9.59 Å². The summed E-state index contributed by atoms with van der Waals surface area (Å²) in [4.78, 5) is 26.0. The highest BCUT2D eigenvalue weighted by molar-refractivity contribution is 6.15. The highest BCUT2D eigenvalue weighted by Crippen LogP contribution is 2.34. The molecule has 168 valence electrons. The predicted octanol–water partition coefficient (Wildman–Crippen LogP) is 5.19. The maximum absolute atomic E-state index is 13.2. The maximum atomic E-state index is 13.2. The van der Waals surface area contributed by atoms with Crippen molar-refractivity contribution in [3.63, 3.8) is 0 Å². The van der Waals surface area contributed by atoms with Gasteiger partial charge in [-0.15, -0.1) is 0 Å². The number of carbonyl (C=O) groups excluding carboxylic acids is 2. The van der Waals surface area contributed by atoms with Crippen molar-refractivity contribution in [3.8, 4) is 11.5 Å². The normalized spacial score (nSPS) is 10.6. The summed E-state index contributed by atoms with van der Waals surface area (Å²) in [6.07, 6.45) is 0.175. The molecule has 0 aliphatic heterocycles. The zero-order valence-corrected chi connectivity index (χ0v) is 18.6. The van der Waals surface area contributed by atoms with E-state index in [-0.39, 0.29) is 18.1 Å². The second-order valence-corrected chi connectivity index (χ2v) is 7.54. The highest BCUT2D eigenvalue weighted by Gasteiger charge is 2.23. The molecule has 0 fully saturated rings. The number of aryl methyl sites for hydroxylation is 1. The summed E-state index contributed by atoms with van der Waals surface area (Å²) >= 11 is 0. The van der Waals surface area contributed by atoms with Crippen LogP contribution in [0.15, 0.2) is 71.1 Å². The fourth-order valence-electron chi connectivity index (χ4n) is 3.60. The number of amides is 2. The first-order valence-corrected chi connectivity index (χ1v) is 10.4. The van der Waals surface area contributed by atoms with Gasteiger partial charge in [0.2, 0.25) is 11.7 Å². The molecule has 0 radical (unpaired) electrons. The van der Waals surface area contributed by atoms with Crippen molar-refractivity contribution in [2.24, 2.45) is 0 Å². The molecule has 0 saturated heterocycles. The van der Waals surface area contributed by atoms with Gasteiger partial charge < -0.3 is 24.5 Å². The molecule has 0 aliphatic carbocycles. The number of benzene rings is 3. The van der Waals surface area contributed by atoms with E-state index in [9.17, 15) is 9.59 Å². The van der Waals surface area contributed by atoms with Crippen LogP contribution in [0.1, 0.15) is 21.7 Å². The lowest BCUT2D eigenvalue weighted by Gasteiger charge is -2.12. The minimum Gasteiger partial charge on any atom is -0.497 e. The quantitative estimate of drug-likeness (QED) is 0.409. The number of rotatable bonds is 7. The van der Waals surface area contributed by atoms with Crippen molar-refractivity contribution >= 4 is 34.2 Å². The number of ether oxygens (including phenoxy) is 2. The van der Waals surface area contributed by atoms with Crippen molar-refractivity contribution in [1.29, 1.82) is 0 Å². The van der Waals surface area contributed by atoms with Crippen LogP contribution in [-0.2, 0) is 11.2 Å². The van der Waals surface area contributed by atoms with E-state index in [1.807, 2.05) is 37.3 Å². The standard InChI is InChI=1S/C26H24N2O5/c1-16-7-6-8-17(13-16)14-23(29)28-24-19-9-4-5-10-21(19)33-25(24)26(30)27-20-12-11-18(31-2)15-22(20)32-3/h4-13,15H,14H2,1-3H3,(H,27,30)(H,28,29). The van der Waals surface area contributed by atoms with Crippen molar-refractivity contribution in [2.45, 2.75) is 13.3 Å². The second kappa shape index (κ2) is 9.48. The van der Waals surface area contributed by atoms with Gasteiger partial charge in [0.05, 0.1) is 26.3 Å². The molecule has 4 aromatic rings. The highest BCUT2D eigenvalue weighted by atomic mass is 16.5. The molecule has 0 spiro atoms. The molecule has 0 saturated carbocycles. The minimum atomic E-state index is -0.513. The van der Waals surface area contributed by atoms with Crippen LogP contribution in [0.2, 0.25) is 0 Å². The lowest BCUT2D eigenvalue weighted by atomic mass is 10.1. The van der Waals surface area contributed by atoms with Crippen LogP contribution in [0.4, 0.5) is 11.4 Å². The van der Waals surface area contributed by atoms with Gasteiger partial charge in [0.15, 0.2) is 0 Å². The van der Waals surface area contributed by atoms with Crippen molar-refractivity contribution < 1.29 is 23.5 Å². The number of carbonyl (C=O) groups is 2. The Hall–Kier alpha value is -4.26. The van der Waals surface area contributed by atoms with Crippen LogP contribution in [0.25, 0.3) is 11.0 Å². The Morgan fingerprint density at radius 3 is 2.48 bits per heavy atom. The van der Waals surface area contributed by atoms with Crippen LogP contribution in [-0.4, -0.2) is 26.0 Å². The maximum Gasteiger partial charge on any atom is 0.293 e. The molecule has 2 N–H and O–H groups in total. The first kappa shape index (κ1) is 22.0. The average Bonchev–Trinajstić information content (AvgIpc) is 3.17. The Labute approximate surface area is 191 Å². The van der Waals surface area contributed by atoms with E-state index < -0.39 is 5.91 Å². The Morgan fingerprint density at radius 1 is 0.909 bits per heavy atom. The van der Waals surface area contributed by atoms with Crippen LogP contribution < -0.4 is 20.1 Å². The van der Waals surface area contributed by atoms with Gasteiger partial charge in [-0.1, -0.05) is 42.0 Å².